The van der Waals surface area contributed by atoms with Crippen molar-refractivity contribution in [3.63, 3.8) is 0 Å². The molecule has 0 atom stereocenters. The number of hydrogen-bond donors (Lipinski definition) is 1. The summed E-state index contributed by atoms with van der Waals surface area (Å²) in [6.45, 7) is 1.19. The second-order valence-corrected chi connectivity index (χ2v) is 7.50. The van der Waals surface area contributed by atoms with Crippen LogP contribution in [0.3, 0.4) is 0 Å². The lowest BCUT2D eigenvalue weighted by atomic mass is 9.64. The highest BCUT2D eigenvalue weighted by atomic mass is 32.2. The monoisotopic (exact) mass is 341 g/mol. The molecule has 6 heteroatoms. The summed E-state index contributed by atoms with van der Waals surface area (Å²) in [5, 5.41) is 3.68. The highest BCUT2D eigenvalue weighted by Gasteiger charge is 2.38. The van der Waals surface area contributed by atoms with Gasteiger partial charge < -0.3 is 5.32 Å². The van der Waals surface area contributed by atoms with Crippen LogP contribution in [0, 0.1) is 0 Å². The topological polar surface area (TPSA) is 64.0 Å². The number of nitrogens with one attached hydrogen (secondary N) is 1. The Balaban J connectivity index is 1.52. The van der Waals surface area contributed by atoms with Crippen molar-refractivity contribution in [2.45, 2.75) is 36.4 Å². The molecule has 5 nitrogen and oxygen atoms in total. The van der Waals surface area contributed by atoms with Crippen LogP contribution in [0.5, 0.6) is 0 Å². The first-order valence-electron chi connectivity index (χ1n) is 8.26. The molecule has 2 aliphatic rings. The van der Waals surface area contributed by atoms with Crippen LogP contribution in [0.4, 0.5) is 0 Å². The van der Waals surface area contributed by atoms with Gasteiger partial charge in [0.25, 0.3) is 11.5 Å². The Hall–Kier alpha value is -2.08. The standard InChI is InChI=1S/C18H19N3O2S/c22-15(14-11-19-17-21(16(14)23)9-10-24-17)20-12-18(7-4-8-18)13-5-2-1-3-6-13/h1-3,5-6,11H,4,7-10,12H2,(H,20,22). The first kappa shape index (κ1) is 15.4. The van der Waals surface area contributed by atoms with E-state index in [0.29, 0.717) is 18.2 Å². The third-order valence-electron chi connectivity index (χ3n) is 5.09. The van der Waals surface area contributed by atoms with Crippen LogP contribution in [0.1, 0.15) is 35.2 Å². The molecule has 24 heavy (non-hydrogen) atoms. The number of hydrogen-bond acceptors (Lipinski definition) is 4. The smallest absolute Gasteiger partial charge is 0.267 e. The molecule has 0 radical (unpaired) electrons. The molecule has 1 aromatic heterocycles. The van der Waals surface area contributed by atoms with Gasteiger partial charge in [-0.2, -0.15) is 0 Å². The van der Waals surface area contributed by atoms with Crippen molar-refractivity contribution in [3.8, 4) is 0 Å². The van der Waals surface area contributed by atoms with E-state index in [1.54, 1.807) is 16.3 Å². The minimum absolute atomic E-state index is 0.00706. The van der Waals surface area contributed by atoms with Gasteiger partial charge in [0.2, 0.25) is 0 Å². The Labute approximate surface area is 144 Å². The summed E-state index contributed by atoms with van der Waals surface area (Å²) in [5.41, 5.74) is 1.18. The number of aromatic nitrogens is 2. The predicted octanol–water partition coefficient (Wildman–Crippen LogP) is 2.20. The van der Waals surface area contributed by atoms with Crippen molar-refractivity contribution in [1.29, 1.82) is 0 Å². The van der Waals surface area contributed by atoms with E-state index in [4.69, 9.17) is 0 Å². The Morgan fingerprint density at radius 1 is 1.29 bits per heavy atom. The number of carbonyl (C=O) groups is 1. The van der Waals surface area contributed by atoms with Crippen LogP contribution >= 0.6 is 11.8 Å². The summed E-state index contributed by atoms with van der Waals surface area (Å²) in [6.07, 6.45) is 4.72. The fourth-order valence-electron chi connectivity index (χ4n) is 3.48. The van der Waals surface area contributed by atoms with E-state index >= 15 is 0 Å². The third kappa shape index (κ3) is 2.55. The van der Waals surface area contributed by atoms with Crippen molar-refractivity contribution in [2.75, 3.05) is 12.3 Å². The van der Waals surface area contributed by atoms with Gasteiger partial charge in [-0.05, 0) is 18.4 Å². The van der Waals surface area contributed by atoms with Crippen LogP contribution < -0.4 is 10.9 Å². The lowest BCUT2D eigenvalue weighted by Crippen LogP contribution is -2.46. The van der Waals surface area contributed by atoms with E-state index in [-0.39, 0.29) is 22.4 Å². The van der Waals surface area contributed by atoms with Crippen molar-refractivity contribution in [3.05, 3.63) is 58.0 Å². The minimum atomic E-state index is -0.318. The number of nitrogens with zero attached hydrogens (tertiary/aromatic N) is 2. The number of amides is 1. The average molecular weight is 341 g/mol. The molecule has 124 valence electrons. The number of fused-ring (bicyclic) bond motifs is 1. The Kier molecular flexibility index (Phi) is 3.92. The Morgan fingerprint density at radius 3 is 2.79 bits per heavy atom. The second kappa shape index (κ2) is 6.09. The minimum Gasteiger partial charge on any atom is -0.351 e. The largest absolute Gasteiger partial charge is 0.351 e. The first-order valence-corrected chi connectivity index (χ1v) is 9.25. The Morgan fingerprint density at radius 2 is 2.08 bits per heavy atom. The van der Waals surface area contributed by atoms with Crippen LogP contribution in [0.2, 0.25) is 0 Å². The van der Waals surface area contributed by atoms with Crippen LogP contribution in [-0.2, 0) is 12.0 Å². The fraction of sp³-hybridized carbons (Fsp3) is 0.389. The molecule has 0 unspecified atom stereocenters. The maximum absolute atomic E-state index is 12.5. The van der Waals surface area contributed by atoms with Gasteiger partial charge in [0.15, 0.2) is 5.16 Å². The summed E-state index contributed by atoms with van der Waals surface area (Å²) in [5.74, 6) is 0.520. The number of thioether (sulfide) groups is 1. The molecular formula is C18H19N3O2S. The van der Waals surface area contributed by atoms with Crippen molar-refractivity contribution < 1.29 is 4.79 Å². The summed E-state index contributed by atoms with van der Waals surface area (Å²) in [7, 11) is 0. The van der Waals surface area contributed by atoms with Gasteiger partial charge in [-0.25, -0.2) is 4.98 Å². The molecule has 1 aliphatic heterocycles. The molecule has 0 bridgehead atoms. The van der Waals surface area contributed by atoms with E-state index in [2.05, 4.69) is 22.4 Å². The van der Waals surface area contributed by atoms with Crippen LogP contribution in [0.15, 0.2) is 46.5 Å². The molecule has 1 aliphatic carbocycles. The zero-order chi connectivity index (χ0) is 16.6. The summed E-state index contributed by atoms with van der Waals surface area (Å²) in [6, 6.07) is 10.3. The van der Waals surface area contributed by atoms with Gasteiger partial charge >= 0.3 is 0 Å². The molecule has 1 fully saturated rings. The molecule has 0 saturated heterocycles. The number of rotatable bonds is 4. The second-order valence-electron chi connectivity index (χ2n) is 6.44. The molecule has 4 rings (SSSR count). The normalized spacial score (nSPS) is 17.8. The molecule has 1 N–H and O–H groups in total. The molecule has 0 spiro atoms. The molecule has 1 saturated carbocycles. The van der Waals surface area contributed by atoms with Gasteiger partial charge in [-0.15, -0.1) is 0 Å². The van der Waals surface area contributed by atoms with E-state index in [0.717, 1.165) is 18.6 Å². The quantitative estimate of drug-likeness (QED) is 0.866. The van der Waals surface area contributed by atoms with Gasteiger partial charge in [-0.1, -0.05) is 48.5 Å². The number of carbonyl (C=O) groups excluding carboxylic acids is 1. The van der Waals surface area contributed by atoms with Crippen LogP contribution in [0.25, 0.3) is 0 Å². The summed E-state index contributed by atoms with van der Waals surface area (Å²) in [4.78, 5) is 29.2. The maximum Gasteiger partial charge on any atom is 0.267 e. The average Bonchev–Trinajstić information content (AvgIpc) is 3.04. The Bertz CT molecular complexity index is 828. The first-order chi connectivity index (χ1) is 11.7. The zero-order valence-corrected chi connectivity index (χ0v) is 14.1. The lowest BCUT2D eigenvalue weighted by molar-refractivity contribution is 0.0925. The molecule has 2 aromatic rings. The van der Waals surface area contributed by atoms with Crippen LogP contribution in [-0.4, -0.2) is 27.8 Å². The van der Waals surface area contributed by atoms with E-state index in [1.165, 1.54) is 18.2 Å². The van der Waals surface area contributed by atoms with Gasteiger partial charge in [-0.3, -0.25) is 14.2 Å². The highest BCUT2D eigenvalue weighted by molar-refractivity contribution is 7.99. The molecule has 1 amide bonds. The molecular weight excluding hydrogens is 322 g/mol. The van der Waals surface area contributed by atoms with Crippen molar-refractivity contribution in [1.82, 2.24) is 14.9 Å². The number of benzene rings is 1. The molecule has 1 aromatic carbocycles. The van der Waals surface area contributed by atoms with E-state index in [9.17, 15) is 9.59 Å². The lowest BCUT2D eigenvalue weighted by Gasteiger charge is -2.42. The predicted molar refractivity (Wildman–Crippen MR) is 93.5 cm³/mol. The zero-order valence-electron chi connectivity index (χ0n) is 13.3. The SMILES string of the molecule is O=C(NCC1(c2ccccc2)CCC1)c1cnc2n(c1=O)CCS2. The van der Waals surface area contributed by atoms with Gasteiger partial charge in [0.05, 0.1) is 0 Å². The van der Waals surface area contributed by atoms with Gasteiger partial charge in [0, 0.05) is 30.5 Å². The van der Waals surface area contributed by atoms with Crippen molar-refractivity contribution >= 4 is 17.7 Å². The summed E-state index contributed by atoms with van der Waals surface area (Å²) < 4.78 is 1.59. The van der Waals surface area contributed by atoms with E-state index in [1.807, 2.05) is 18.2 Å². The molecule has 2 heterocycles. The maximum atomic E-state index is 12.5. The third-order valence-corrected chi connectivity index (χ3v) is 6.06. The fourth-order valence-corrected chi connectivity index (χ4v) is 4.39. The highest BCUT2D eigenvalue weighted by Crippen LogP contribution is 2.43. The van der Waals surface area contributed by atoms with E-state index < -0.39 is 0 Å². The van der Waals surface area contributed by atoms with Crippen molar-refractivity contribution in [2.24, 2.45) is 0 Å². The van der Waals surface area contributed by atoms with Gasteiger partial charge in [0.1, 0.15) is 5.56 Å². The summed E-state index contributed by atoms with van der Waals surface area (Å²) >= 11 is 1.55.